The molecule has 2 aromatic rings. The molecule has 2 aromatic carbocycles. The number of hydrogen-bond acceptors (Lipinski definition) is 2. The van der Waals surface area contributed by atoms with E-state index in [4.69, 9.17) is 23.2 Å². The highest BCUT2D eigenvalue weighted by molar-refractivity contribution is 6.36. The van der Waals surface area contributed by atoms with Gasteiger partial charge in [0.05, 0.1) is 10.7 Å². The Bertz CT molecular complexity index is 641. The SMILES string of the molecule is Cc1ccc(NC(C)C(=O)Nc2ccc(Cl)cc2Cl)cc1. The van der Waals surface area contributed by atoms with E-state index in [2.05, 4.69) is 10.6 Å². The van der Waals surface area contributed by atoms with Gasteiger partial charge in [0.15, 0.2) is 0 Å². The molecule has 1 amide bonds. The maximum absolute atomic E-state index is 12.2. The van der Waals surface area contributed by atoms with Crippen molar-refractivity contribution in [2.75, 3.05) is 10.6 Å². The molecule has 0 fully saturated rings. The van der Waals surface area contributed by atoms with Gasteiger partial charge in [0.2, 0.25) is 5.91 Å². The first-order valence-electron chi connectivity index (χ1n) is 6.55. The summed E-state index contributed by atoms with van der Waals surface area (Å²) in [6, 6.07) is 12.4. The number of rotatable bonds is 4. The predicted molar refractivity (Wildman–Crippen MR) is 89.4 cm³/mol. The Morgan fingerprint density at radius 2 is 1.76 bits per heavy atom. The first kappa shape index (κ1) is 15.7. The van der Waals surface area contributed by atoms with E-state index in [-0.39, 0.29) is 11.9 Å². The number of anilines is 2. The predicted octanol–water partition coefficient (Wildman–Crippen LogP) is 4.74. The summed E-state index contributed by atoms with van der Waals surface area (Å²) in [7, 11) is 0. The number of carbonyl (C=O) groups is 1. The zero-order chi connectivity index (χ0) is 15.4. The van der Waals surface area contributed by atoms with Crippen molar-refractivity contribution in [3.8, 4) is 0 Å². The normalized spacial score (nSPS) is 11.8. The molecular weight excluding hydrogens is 307 g/mol. The Balaban J connectivity index is 2.00. The van der Waals surface area contributed by atoms with Gasteiger partial charge in [0.25, 0.3) is 0 Å². The molecule has 0 radical (unpaired) electrons. The molecule has 0 aromatic heterocycles. The van der Waals surface area contributed by atoms with Gasteiger partial charge in [-0.15, -0.1) is 0 Å². The van der Waals surface area contributed by atoms with Crippen molar-refractivity contribution in [3.63, 3.8) is 0 Å². The molecule has 2 N–H and O–H groups in total. The number of amides is 1. The Morgan fingerprint density at radius 1 is 1.10 bits per heavy atom. The third-order valence-corrected chi connectivity index (χ3v) is 3.56. The molecule has 3 nitrogen and oxygen atoms in total. The molecular formula is C16H16Cl2N2O. The molecule has 0 heterocycles. The van der Waals surface area contributed by atoms with Crippen LogP contribution in [0.15, 0.2) is 42.5 Å². The van der Waals surface area contributed by atoms with Crippen LogP contribution < -0.4 is 10.6 Å². The highest BCUT2D eigenvalue weighted by atomic mass is 35.5. The summed E-state index contributed by atoms with van der Waals surface area (Å²) in [5, 5.41) is 6.86. The monoisotopic (exact) mass is 322 g/mol. The lowest BCUT2D eigenvalue weighted by atomic mass is 10.2. The second kappa shape index (κ2) is 6.83. The fourth-order valence-electron chi connectivity index (χ4n) is 1.80. The molecule has 0 saturated heterocycles. The zero-order valence-electron chi connectivity index (χ0n) is 11.8. The van der Waals surface area contributed by atoms with Crippen LogP contribution in [0.3, 0.4) is 0 Å². The zero-order valence-corrected chi connectivity index (χ0v) is 13.3. The van der Waals surface area contributed by atoms with Crippen molar-refractivity contribution in [1.29, 1.82) is 0 Å². The molecule has 0 aliphatic rings. The minimum Gasteiger partial charge on any atom is -0.374 e. The van der Waals surface area contributed by atoms with Crippen molar-refractivity contribution in [2.24, 2.45) is 0 Å². The minimum atomic E-state index is -0.389. The van der Waals surface area contributed by atoms with Crippen molar-refractivity contribution >= 4 is 40.5 Å². The van der Waals surface area contributed by atoms with Gasteiger partial charge < -0.3 is 10.6 Å². The number of hydrogen-bond donors (Lipinski definition) is 2. The van der Waals surface area contributed by atoms with Gasteiger partial charge in [0, 0.05) is 10.7 Å². The molecule has 0 aliphatic carbocycles. The second-order valence-corrected chi connectivity index (χ2v) is 5.69. The van der Waals surface area contributed by atoms with E-state index >= 15 is 0 Å². The molecule has 0 bridgehead atoms. The van der Waals surface area contributed by atoms with Crippen molar-refractivity contribution in [3.05, 3.63) is 58.1 Å². The van der Waals surface area contributed by atoms with Crippen LogP contribution in [0.1, 0.15) is 12.5 Å². The van der Waals surface area contributed by atoms with Gasteiger partial charge in [-0.3, -0.25) is 4.79 Å². The Morgan fingerprint density at radius 3 is 2.38 bits per heavy atom. The molecule has 110 valence electrons. The first-order valence-corrected chi connectivity index (χ1v) is 7.30. The number of aryl methyl sites for hydroxylation is 1. The lowest BCUT2D eigenvalue weighted by Crippen LogP contribution is -2.31. The molecule has 1 unspecified atom stereocenters. The van der Waals surface area contributed by atoms with Crippen molar-refractivity contribution in [1.82, 2.24) is 0 Å². The van der Waals surface area contributed by atoms with Crippen LogP contribution in [-0.2, 0) is 4.79 Å². The van der Waals surface area contributed by atoms with E-state index in [1.807, 2.05) is 31.2 Å². The van der Waals surface area contributed by atoms with Crippen LogP contribution in [0.2, 0.25) is 10.0 Å². The third kappa shape index (κ3) is 4.38. The molecule has 2 rings (SSSR count). The average molecular weight is 323 g/mol. The van der Waals surface area contributed by atoms with Crippen molar-refractivity contribution in [2.45, 2.75) is 19.9 Å². The summed E-state index contributed by atoms with van der Waals surface area (Å²) in [5.41, 5.74) is 2.61. The summed E-state index contributed by atoms with van der Waals surface area (Å²) in [4.78, 5) is 12.2. The van der Waals surface area contributed by atoms with Gasteiger partial charge in [-0.25, -0.2) is 0 Å². The van der Waals surface area contributed by atoms with Crippen molar-refractivity contribution < 1.29 is 4.79 Å². The average Bonchev–Trinajstić information content (AvgIpc) is 2.44. The van der Waals surface area contributed by atoms with Gasteiger partial charge in [-0.1, -0.05) is 40.9 Å². The maximum atomic E-state index is 12.2. The number of benzene rings is 2. The third-order valence-electron chi connectivity index (χ3n) is 3.02. The Kier molecular flexibility index (Phi) is 5.10. The minimum absolute atomic E-state index is 0.167. The summed E-state index contributed by atoms with van der Waals surface area (Å²) >= 11 is 11.9. The topological polar surface area (TPSA) is 41.1 Å². The van der Waals surface area contributed by atoms with Crippen LogP contribution in [0.4, 0.5) is 11.4 Å². The van der Waals surface area contributed by atoms with Gasteiger partial charge in [-0.2, -0.15) is 0 Å². The summed E-state index contributed by atoms with van der Waals surface area (Å²) in [6.45, 7) is 3.81. The first-order chi connectivity index (χ1) is 9.95. The van der Waals surface area contributed by atoms with E-state index in [1.165, 1.54) is 5.56 Å². The largest absolute Gasteiger partial charge is 0.374 e. The van der Waals surface area contributed by atoms with E-state index in [0.29, 0.717) is 15.7 Å². The highest BCUT2D eigenvalue weighted by Crippen LogP contribution is 2.25. The van der Waals surface area contributed by atoms with Gasteiger partial charge in [-0.05, 0) is 44.2 Å². The van der Waals surface area contributed by atoms with Gasteiger partial charge >= 0.3 is 0 Å². The van der Waals surface area contributed by atoms with E-state index in [1.54, 1.807) is 25.1 Å². The van der Waals surface area contributed by atoms with E-state index in [9.17, 15) is 4.79 Å². The molecule has 21 heavy (non-hydrogen) atoms. The fourth-order valence-corrected chi connectivity index (χ4v) is 2.25. The fraction of sp³-hybridized carbons (Fsp3) is 0.188. The van der Waals surface area contributed by atoms with Crippen LogP contribution in [0.25, 0.3) is 0 Å². The molecule has 1 atom stereocenters. The van der Waals surface area contributed by atoms with Crippen LogP contribution in [0, 0.1) is 6.92 Å². The standard InChI is InChI=1S/C16H16Cl2N2O/c1-10-3-6-13(7-4-10)19-11(2)16(21)20-15-8-5-12(17)9-14(15)18/h3-9,11,19H,1-2H3,(H,20,21). The smallest absolute Gasteiger partial charge is 0.246 e. The van der Waals surface area contributed by atoms with E-state index < -0.39 is 0 Å². The summed E-state index contributed by atoms with van der Waals surface area (Å²) < 4.78 is 0. The molecule has 0 saturated carbocycles. The summed E-state index contributed by atoms with van der Waals surface area (Å²) in [6.07, 6.45) is 0. The molecule has 0 aliphatic heterocycles. The quantitative estimate of drug-likeness (QED) is 0.853. The maximum Gasteiger partial charge on any atom is 0.246 e. The molecule has 5 heteroatoms. The molecule has 0 spiro atoms. The Hall–Kier alpha value is -1.71. The van der Waals surface area contributed by atoms with Crippen LogP contribution in [-0.4, -0.2) is 11.9 Å². The van der Waals surface area contributed by atoms with Gasteiger partial charge in [0.1, 0.15) is 6.04 Å². The summed E-state index contributed by atoms with van der Waals surface area (Å²) in [5.74, 6) is -0.167. The lowest BCUT2D eigenvalue weighted by Gasteiger charge is -2.16. The second-order valence-electron chi connectivity index (χ2n) is 4.85. The highest BCUT2D eigenvalue weighted by Gasteiger charge is 2.14. The number of nitrogens with one attached hydrogen (secondary N) is 2. The lowest BCUT2D eigenvalue weighted by molar-refractivity contribution is -0.116. The van der Waals surface area contributed by atoms with Crippen LogP contribution in [0.5, 0.6) is 0 Å². The Labute approximate surface area is 134 Å². The van der Waals surface area contributed by atoms with E-state index in [0.717, 1.165) is 5.69 Å². The number of carbonyl (C=O) groups excluding carboxylic acids is 1. The number of halogens is 2. The van der Waals surface area contributed by atoms with Crippen LogP contribution >= 0.6 is 23.2 Å².